The lowest BCUT2D eigenvalue weighted by molar-refractivity contribution is -0.140. The molecule has 1 aromatic rings. The number of amides is 2. The fraction of sp³-hybridized carbons (Fsp3) is 0.400. The monoisotopic (exact) mass is 287 g/mol. The third-order valence-corrected chi connectivity index (χ3v) is 3.37. The van der Waals surface area contributed by atoms with E-state index in [9.17, 15) is 9.59 Å². The van der Waals surface area contributed by atoms with E-state index in [1.54, 1.807) is 24.3 Å². The summed E-state index contributed by atoms with van der Waals surface area (Å²) in [5.41, 5.74) is 0.576. The molecule has 6 nitrogen and oxygen atoms in total. The van der Waals surface area contributed by atoms with Crippen molar-refractivity contribution in [2.75, 3.05) is 19.7 Å². The fourth-order valence-corrected chi connectivity index (χ4v) is 2.31. The summed E-state index contributed by atoms with van der Waals surface area (Å²) in [6.45, 7) is 3.00. The summed E-state index contributed by atoms with van der Waals surface area (Å²) in [5.74, 6) is 0.144. The van der Waals surface area contributed by atoms with E-state index >= 15 is 0 Å². The highest BCUT2D eigenvalue weighted by Crippen LogP contribution is 2.13. The van der Waals surface area contributed by atoms with E-state index in [0.29, 0.717) is 30.9 Å². The first-order chi connectivity index (χ1) is 10.1. The molecule has 2 amide bonds. The molecule has 2 rings (SSSR count). The van der Waals surface area contributed by atoms with E-state index in [1.165, 1.54) is 0 Å². The Balaban J connectivity index is 1.87. The largest absolute Gasteiger partial charge is 0.492 e. The van der Waals surface area contributed by atoms with Gasteiger partial charge in [0.1, 0.15) is 12.4 Å². The van der Waals surface area contributed by atoms with E-state index in [2.05, 4.69) is 5.32 Å². The SMILES string of the molecule is CCC1C(=O)NC(=O)CN1CCOc1ccc(C#N)cc1. The predicted octanol–water partition coefficient (Wildman–Crippen LogP) is 0.674. The van der Waals surface area contributed by atoms with Crippen molar-refractivity contribution >= 4 is 11.8 Å². The van der Waals surface area contributed by atoms with Gasteiger partial charge in [0.25, 0.3) is 0 Å². The van der Waals surface area contributed by atoms with Gasteiger partial charge in [0.05, 0.1) is 24.2 Å². The Hall–Kier alpha value is -2.39. The van der Waals surface area contributed by atoms with E-state index < -0.39 is 0 Å². The van der Waals surface area contributed by atoms with E-state index in [1.807, 2.05) is 17.9 Å². The lowest BCUT2D eigenvalue weighted by Gasteiger charge is -2.33. The minimum Gasteiger partial charge on any atom is -0.492 e. The summed E-state index contributed by atoms with van der Waals surface area (Å²) < 4.78 is 5.58. The van der Waals surface area contributed by atoms with E-state index in [-0.39, 0.29) is 24.4 Å². The van der Waals surface area contributed by atoms with Crippen LogP contribution in [-0.2, 0) is 9.59 Å². The minimum absolute atomic E-state index is 0.209. The Labute approximate surface area is 123 Å². The molecule has 110 valence electrons. The second kappa shape index (κ2) is 6.86. The zero-order chi connectivity index (χ0) is 15.2. The maximum atomic E-state index is 11.7. The predicted molar refractivity (Wildman–Crippen MR) is 75.5 cm³/mol. The summed E-state index contributed by atoms with van der Waals surface area (Å²) in [6.07, 6.45) is 0.649. The third-order valence-electron chi connectivity index (χ3n) is 3.37. The summed E-state index contributed by atoms with van der Waals surface area (Å²) in [6, 6.07) is 8.57. The molecule has 1 aliphatic heterocycles. The van der Waals surface area contributed by atoms with Crippen molar-refractivity contribution in [3.05, 3.63) is 29.8 Å². The molecule has 0 saturated carbocycles. The lowest BCUT2D eigenvalue weighted by atomic mass is 10.1. The molecule has 1 aliphatic rings. The standard InChI is InChI=1S/C15H17N3O3/c1-2-13-15(20)17-14(19)10-18(13)7-8-21-12-5-3-11(9-16)4-6-12/h3-6,13H,2,7-8,10H2,1H3,(H,17,19,20). The number of hydrogen-bond donors (Lipinski definition) is 1. The van der Waals surface area contributed by atoms with Crippen LogP contribution in [0.5, 0.6) is 5.75 Å². The zero-order valence-corrected chi connectivity index (χ0v) is 11.8. The Bertz CT molecular complexity index is 563. The van der Waals surface area contributed by atoms with Crippen LogP contribution in [-0.4, -0.2) is 42.5 Å². The molecule has 1 fully saturated rings. The second-order valence-electron chi connectivity index (χ2n) is 4.79. The normalized spacial score (nSPS) is 19.0. The molecule has 0 aliphatic carbocycles. The number of nitrogens with one attached hydrogen (secondary N) is 1. The lowest BCUT2D eigenvalue weighted by Crippen LogP contribution is -2.58. The first-order valence-corrected chi connectivity index (χ1v) is 6.84. The van der Waals surface area contributed by atoms with Crippen molar-refractivity contribution in [1.82, 2.24) is 10.2 Å². The number of nitriles is 1. The Morgan fingerprint density at radius 1 is 1.38 bits per heavy atom. The van der Waals surface area contributed by atoms with Crippen LogP contribution in [0, 0.1) is 11.3 Å². The van der Waals surface area contributed by atoms with Crippen molar-refractivity contribution in [3.8, 4) is 11.8 Å². The molecule has 0 radical (unpaired) electrons. The van der Waals surface area contributed by atoms with Crippen molar-refractivity contribution in [1.29, 1.82) is 5.26 Å². The van der Waals surface area contributed by atoms with Crippen LogP contribution >= 0.6 is 0 Å². The molecule has 6 heteroatoms. The first kappa shape index (κ1) is 15.0. The molecule has 1 N–H and O–H groups in total. The molecule has 0 aromatic heterocycles. The molecular formula is C15H17N3O3. The van der Waals surface area contributed by atoms with Crippen molar-refractivity contribution in [2.45, 2.75) is 19.4 Å². The number of carbonyl (C=O) groups is 2. The van der Waals surface area contributed by atoms with Gasteiger partial charge >= 0.3 is 0 Å². The van der Waals surface area contributed by atoms with Crippen LogP contribution in [0.3, 0.4) is 0 Å². The number of hydrogen-bond acceptors (Lipinski definition) is 5. The van der Waals surface area contributed by atoms with E-state index in [4.69, 9.17) is 10.00 Å². The number of carbonyl (C=O) groups excluding carboxylic acids is 2. The molecule has 1 aromatic carbocycles. The molecule has 0 bridgehead atoms. The molecular weight excluding hydrogens is 270 g/mol. The summed E-state index contributed by atoms with van der Waals surface area (Å²) in [7, 11) is 0. The smallest absolute Gasteiger partial charge is 0.243 e. The second-order valence-corrected chi connectivity index (χ2v) is 4.79. The average Bonchev–Trinajstić information content (AvgIpc) is 2.47. The Kier molecular flexibility index (Phi) is 4.90. The van der Waals surface area contributed by atoms with Crippen molar-refractivity contribution < 1.29 is 14.3 Å². The molecule has 1 heterocycles. The van der Waals surface area contributed by atoms with Gasteiger partial charge in [-0.25, -0.2) is 0 Å². The highest BCUT2D eigenvalue weighted by atomic mass is 16.5. The average molecular weight is 287 g/mol. The molecule has 1 atom stereocenters. The number of imide groups is 1. The van der Waals surface area contributed by atoms with Gasteiger partial charge in [-0.05, 0) is 30.7 Å². The maximum Gasteiger partial charge on any atom is 0.243 e. The molecule has 0 spiro atoms. The van der Waals surface area contributed by atoms with Crippen molar-refractivity contribution in [3.63, 3.8) is 0 Å². The number of ether oxygens (including phenoxy) is 1. The fourth-order valence-electron chi connectivity index (χ4n) is 2.31. The summed E-state index contributed by atoms with van der Waals surface area (Å²) in [4.78, 5) is 24.9. The van der Waals surface area contributed by atoms with Gasteiger partial charge < -0.3 is 4.74 Å². The maximum absolute atomic E-state index is 11.7. The number of piperazine rings is 1. The van der Waals surface area contributed by atoms with Crippen LogP contribution < -0.4 is 10.1 Å². The number of benzene rings is 1. The van der Waals surface area contributed by atoms with Gasteiger partial charge in [-0.3, -0.25) is 19.8 Å². The highest BCUT2D eigenvalue weighted by molar-refractivity contribution is 6.01. The highest BCUT2D eigenvalue weighted by Gasteiger charge is 2.31. The topological polar surface area (TPSA) is 82.4 Å². The third kappa shape index (κ3) is 3.80. The number of rotatable bonds is 5. The van der Waals surface area contributed by atoms with Crippen LogP contribution in [0.4, 0.5) is 0 Å². The minimum atomic E-state index is -0.285. The van der Waals surface area contributed by atoms with Gasteiger partial charge in [0, 0.05) is 6.54 Å². The van der Waals surface area contributed by atoms with Crippen LogP contribution in [0.2, 0.25) is 0 Å². The van der Waals surface area contributed by atoms with Crippen LogP contribution in [0.1, 0.15) is 18.9 Å². The van der Waals surface area contributed by atoms with Gasteiger partial charge in [-0.2, -0.15) is 5.26 Å². The van der Waals surface area contributed by atoms with Gasteiger partial charge in [0.2, 0.25) is 11.8 Å². The summed E-state index contributed by atoms with van der Waals surface area (Å²) >= 11 is 0. The summed E-state index contributed by atoms with van der Waals surface area (Å²) in [5, 5.41) is 11.1. The Morgan fingerprint density at radius 2 is 2.10 bits per heavy atom. The van der Waals surface area contributed by atoms with Gasteiger partial charge in [-0.15, -0.1) is 0 Å². The van der Waals surface area contributed by atoms with Crippen LogP contribution in [0.25, 0.3) is 0 Å². The zero-order valence-electron chi connectivity index (χ0n) is 11.8. The first-order valence-electron chi connectivity index (χ1n) is 6.84. The number of nitrogens with zero attached hydrogens (tertiary/aromatic N) is 2. The van der Waals surface area contributed by atoms with Gasteiger partial charge in [-0.1, -0.05) is 6.92 Å². The van der Waals surface area contributed by atoms with Crippen molar-refractivity contribution in [2.24, 2.45) is 0 Å². The quantitative estimate of drug-likeness (QED) is 0.805. The molecule has 21 heavy (non-hydrogen) atoms. The Morgan fingerprint density at radius 3 is 2.71 bits per heavy atom. The van der Waals surface area contributed by atoms with Crippen LogP contribution in [0.15, 0.2) is 24.3 Å². The van der Waals surface area contributed by atoms with Gasteiger partial charge in [0.15, 0.2) is 0 Å². The molecule has 1 saturated heterocycles. The van der Waals surface area contributed by atoms with E-state index in [0.717, 1.165) is 0 Å². The molecule has 1 unspecified atom stereocenters.